The number of halogens is 1. The molecule has 0 aliphatic rings. The van der Waals surface area contributed by atoms with Crippen molar-refractivity contribution in [2.75, 3.05) is 7.11 Å². The number of nitrogens with zero attached hydrogens (tertiary/aromatic N) is 1. The molecule has 3 nitrogen and oxygen atoms in total. The van der Waals surface area contributed by atoms with Crippen LogP contribution in [0.4, 0.5) is 0 Å². The van der Waals surface area contributed by atoms with Gasteiger partial charge in [-0.2, -0.15) is 0 Å². The molecule has 1 aromatic heterocycles. The zero-order valence-corrected chi connectivity index (χ0v) is 14.9. The number of benzene rings is 1. The average molecular weight is 397 g/mol. The minimum atomic E-state index is -0.956. The first kappa shape index (κ1) is 16.2. The summed E-state index contributed by atoms with van der Waals surface area (Å²) in [6.45, 7) is 5.78. The van der Waals surface area contributed by atoms with Gasteiger partial charge in [-0.3, -0.25) is 4.98 Å². The number of methoxy groups -OCH3 is 1. The van der Waals surface area contributed by atoms with Gasteiger partial charge in [0.05, 0.1) is 18.4 Å². The Bertz CT molecular complexity index is 636. The van der Waals surface area contributed by atoms with E-state index in [0.717, 1.165) is 31.7 Å². The number of hydrogen-bond donors (Lipinski definition) is 1. The van der Waals surface area contributed by atoms with E-state index < -0.39 is 5.60 Å². The molecule has 4 heteroatoms. The molecule has 112 valence electrons. The number of aryl methyl sites for hydroxylation is 1. The number of aliphatic hydroxyl groups is 1. The van der Waals surface area contributed by atoms with E-state index in [9.17, 15) is 5.11 Å². The summed E-state index contributed by atoms with van der Waals surface area (Å²) in [4.78, 5) is 4.47. The third-order valence-corrected chi connectivity index (χ3v) is 4.45. The normalized spacial score (nSPS) is 13.8. The molecular weight excluding hydrogens is 377 g/mol. The Morgan fingerprint density at radius 2 is 1.86 bits per heavy atom. The quantitative estimate of drug-likeness (QED) is 0.799. The zero-order chi connectivity index (χ0) is 15.6. The largest absolute Gasteiger partial charge is 0.496 e. The molecule has 2 rings (SSSR count). The molecule has 0 aliphatic carbocycles. The number of aromatic nitrogens is 1. The van der Waals surface area contributed by atoms with Gasteiger partial charge in [0.2, 0.25) is 0 Å². The van der Waals surface area contributed by atoms with Gasteiger partial charge in [0.15, 0.2) is 0 Å². The SMILES string of the molecule is COc1c(C)cnc(CC(C)(O)c2ccc(I)cc2)c1C. The molecule has 1 unspecified atom stereocenters. The number of ether oxygens (including phenoxy) is 1. The lowest BCUT2D eigenvalue weighted by Crippen LogP contribution is -2.25. The third-order valence-electron chi connectivity index (χ3n) is 3.73. The van der Waals surface area contributed by atoms with Gasteiger partial charge in [-0.15, -0.1) is 0 Å². The van der Waals surface area contributed by atoms with E-state index in [0.29, 0.717) is 6.42 Å². The molecule has 0 saturated carbocycles. The lowest BCUT2D eigenvalue weighted by molar-refractivity contribution is 0.0563. The van der Waals surface area contributed by atoms with Crippen LogP contribution in [0.2, 0.25) is 0 Å². The smallest absolute Gasteiger partial charge is 0.128 e. The predicted molar refractivity (Wildman–Crippen MR) is 92.7 cm³/mol. The van der Waals surface area contributed by atoms with Gasteiger partial charge >= 0.3 is 0 Å². The van der Waals surface area contributed by atoms with Crippen molar-refractivity contribution < 1.29 is 9.84 Å². The summed E-state index contributed by atoms with van der Waals surface area (Å²) in [7, 11) is 1.66. The Balaban J connectivity index is 2.34. The molecule has 0 radical (unpaired) electrons. The fourth-order valence-corrected chi connectivity index (χ4v) is 2.85. The standard InChI is InChI=1S/C17H20INO2/c1-11-10-19-15(12(2)16(11)21-4)9-17(3,20)13-5-7-14(18)8-6-13/h5-8,10,20H,9H2,1-4H3. The minimum absolute atomic E-state index is 0.454. The summed E-state index contributed by atoms with van der Waals surface area (Å²) in [6.07, 6.45) is 2.25. The van der Waals surface area contributed by atoms with E-state index in [4.69, 9.17) is 4.74 Å². The van der Waals surface area contributed by atoms with Crippen molar-refractivity contribution in [2.45, 2.75) is 32.8 Å². The first-order chi connectivity index (χ1) is 9.85. The zero-order valence-electron chi connectivity index (χ0n) is 12.8. The highest BCUT2D eigenvalue weighted by Crippen LogP contribution is 2.30. The summed E-state index contributed by atoms with van der Waals surface area (Å²) in [5, 5.41) is 10.8. The van der Waals surface area contributed by atoms with E-state index in [1.165, 1.54) is 0 Å². The van der Waals surface area contributed by atoms with Crippen LogP contribution in [0.3, 0.4) is 0 Å². The molecule has 0 spiro atoms. The molecule has 0 aliphatic heterocycles. The summed E-state index contributed by atoms with van der Waals surface area (Å²) in [6, 6.07) is 7.92. The molecule has 2 aromatic rings. The van der Waals surface area contributed by atoms with Gasteiger partial charge in [-0.05, 0) is 61.1 Å². The van der Waals surface area contributed by atoms with Crippen LogP contribution in [0.1, 0.15) is 29.3 Å². The Morgan fingerprint density at radius 1 is 1.24 bits per heavy atom. The number of pyridine rings is 1. The molecule has 0 bridgehead atoms. The summed E-state index contributed by atoms with van der Waals surface area (Å²) < 4.78 is 6.58. The third kappa shape index (κ3) is 3.55. The molecule has 0 amide bonds. The maximum atomic E-state index is 10.8. The van der Waals surface area contributed by atoms with Crippen molar-refractivity contribution >= 4 is 22.6 Å². The second kappa shape index (κ2) is 6.32. The van der Waals surface area contributed by atoms with Gasteiger partial charge in [-0.25, -0.2) is 0 Å². The van der Waals surface area contributed by atoms with Crippen molar-refractivity contribution in [1.82, 2.24) is 4.98 Å². The topological polar surface area (TPSA) is 42.4 Å². The lowest BCUT2D eigenvalue weighted by Gasteiger charge is -2.25. The molecular formula is C17H20INO2. The van der Waals surface area contributed by atoms with E-state index in [-0.39, 0.29) is 0 Å². The fourth-order valence-electron chi connectivity index (χ4n) is 2.49. The second-order valence-electron chi connectivity index (χ2n) is 5.50. The second-order valence-corrected chi connectivity index (χ2v) is 6.75. The molecule has 21 heavy (non-hydrogen) atoms. The summed E-state index contributed by atoms with van der Waals surface area (Å²) in [5.74, 6) is 0.846. The van der Waals surface area contributed by atoms with Crippen molar-refractivity contribution in [3.63, 3.8) is 0 Å². The Hall–Kier alpha value is -1.14. The van der Waals surface area contributed by atoms with Crippen LogP contribution in [0.5, 0.6) is 5.75 Å². The van der Waals surface area contributed by atoms with Crippen molar-refractivity contribution in [2.24, 2.45) is 0 Å². The first-order valence-electron chi connectivity index (χ1n) is 6.82. The summed E-state index contributed by atoms with van der Waals surface area (Å²) in [5.41, 5.74) is 2.79. The molecule has 1 atom stereocenters. The molecule has 0 saturated heterocycles. The van der Waals surface area contributed by atoms with Gasteiger partial charge in [-0.1, -0.05) is 12.1 Å². The Labute approximate surface area is 139 Å². The fraction of sp³-hybridized carbons (Fsp3) is 0.353. The minimum Gasteiger partial charge on any atom is -0.496 e. The van der Waals surface area contributed by atoms with Crippen LogP contribution in [-0.4, -0.2) is 17.2 Å². The van der Waals surface area contributed by atoms with Gasteiger partial charge < -0.3 is 9.84 Å². The van der Waals surface area contributed by atoms with Crippen molar-refractivity contribution in [3.05, 3.63) is 56.4 Å². The van der Waals surface area contributed by atoms with E-state index in [2.05, 4.69) is 27.6 Å². The van der Waals surface area contributed by atoms with Crippen LogP contribution < -0.4 is 4.74 Å². The van der Waals surface area contributed by atoms with E-state index in [1.54, 1.807) is 13.3 Å². The molecule has 0 fully saturated rings. The highest BCUT2D eigenvalue weighted by Gasteiger charge is 2.26. The number of rotatable bonds is 4. The molecule has 1 aromatic carbocycles. The van der Waals surface area contributed by atoms with Crippen molar-refractivity contribution in [1.29, 1.82) is 0 Å². The average Bonchev–Trinajstić information content (AvgIpc) is 2.43. The van der Waals surface area contributed by atoms with Gasteiger partial charge in [0, 0.05) is 27.3 Å². The number of hydrogen-bond acceptors (Lipinski definition) is 3. The summed E-state index contributed by atoms with van der Waals surface area (Å²) >= 11 is 2.26. The maximum Gasteiger partial charge on any atom is 0.128 e. The highest BCUT2D eigenvalue weighted by atomic mass is 127. The lowest BCUT2D eigenvalue weighted by atomic mass is 9.89. The van der Waals surface area contributed by atoms with E-state index >= 15 is 0 Å². The maximum absolute atomic E-state index is 10.8. The van der Waals surface area contributed by atoms with Crippen molar-refractivity contribution in [3.8, 4) is 5.75 Å². The van der Waals surface area contributed by atoms with Crippen LogP contribution >= 0.6 is 22.6 Å². The monoisotopic (exact) mass is 397 g/mol. The van der Waals surface area contributed by atoms with Crippen LogP contribution in [0.25, 0.3) is 0 Å². The Morgan fingerprint density at radius 3 is 2.43 bits per heavy atom. The van der Waals surface area contributed by atoms with Gasteiger partial charge in [0.1, 0.15) is 5.75 Å². The van der Waals surface area contributed by atoms with E-state index in [1.807, 2.05) is 45.0 Å². The molecule has 1 heterocycles. The van der Waals surface area contributed by atoms with Crippen LogP contribution in [-0.2, 0) is 12.0 Å². The predicted octanol–water partition coefficient (Wildman–Crippen LogP) is 3.76. The highest BCUT2D eigenvalue weighted by molar-refractivity contribution is 14.1. The molecule has 1 N–H and O–H groups in total. The van der Waals surface area contributed by atoms with Crippen LogP contribution in [0, 0.1) is 17.4 Å². The Kier molecular flexibility index (Phi) is 4.88. The van der Waals surface area contributed by atoms with Gasteiger partial charge in [0.25, 0.3) is 0 Å². The first-order valence-corrected chi connectivity index (χ1v) is 7.90. The van der Waals surface area contributed by atoms with Crippen LogP contribution in [0.15, 0.2) is 30.5 Å².